The Kier molecular flexibility index (Phi) is 6.41. The zero-order valence-corrected chi connectivity index (χ0v) is 19.8. The van der Waals surface area contributed by atoms with Crippen LogP contribution < -0.4 is 15.0 Å². The zero-order valence-electron chi connectivity index (χ0n) is 19.8. The third-order valence-electron chi connectivity index (χ3n) is 6.38. The molecule has 6 heteroatoms. The molecule has 4 aromatic carbocycles. The van der Waals surface area contributed by atoms with E-state index in [9.17, 15) is 14.7 Å². The standard InChI is InChI=1S/C30H26N2O4/c1-20-9-5-7-13-24(20)29(33)31-23-15-16-26(25(17-23)30(34)35)32-18-22-12-6-8-14-27(22)36-28(19-32)21-10-3-2-4-11-21/h2-17,28H,18-19H2,1H3,(H,31,33)(H,34,35). The summed E-state index contributed by atoms with van der Waals surface area (Å²) in [5.74, 6) is -0.557. The molecule has 0 saturated carbocycles. The summed E-state index contributed by atoms with van der Waals surface area (Å²) in [4.78, 5) is 27.2. The lowest BCUT2D eigenvalue weighted by Crippen LogP contribution is -2.29. The van der Waals surface area contributed by atoms with Crippen LogP contribution in [0.5, 0.6) is 5.75 Å². The number of benzene rings is 4. The summed E-state index contributed by atoms with van der Waals surface area (Å²) < 4.78 is 6.39. The number of carboxylic acid groups (broad SMARTS) is 1. The molecule has 0 fully saturated rings. The minimum absolute atomic E-state index is 0.115. The van der Waals surface area contributed by atoms with Crippen LogP contribution in [0.3, 0.4) is 0 Å². The summed E-state index contributed by atoms with van der Waals surface area (Å²) >= 11 is 0. The van der Waals surface area contributed by atoms with Crippen molar-refractivity contribution in [2.24, 2.45) is 0 Å². The quantitative estimate of drug-likeness (QED) is 0.363. The molecule has 0 spiro atoms. The van der Waals surface area contributed by atoms with E-state index in [1.165, 1.54) is 6.07 Å². The van der Waals surface area contributed by atoms with E-state index >= 15 is 0 Å². The van der Waals surface area contributed by atoms with Gasteiger partial charge >= 0.3 is 5.97 Å². The average Bonchev–Trinajstić information content (AvgIpc) is 3.09. The van der Waals surface area contributed by atoms with Gasteiger partial charge in [-0.3, -0.25) is 4.79 Å². The molecule has 1 aliphatic rings. The van der Waals surface area contributed by atoms with Crippen molar-refractivity contribution in [3.63, 3.8) is 0 Å². The van der Waals surface area contributed by atoms with E-state index in [1.807, 2.05) is 78.6 Å². The summed E-state index contributed by atoms with van der Waals surface area (Å²) in [6.45, 7) is 2.83. The average molecular weight is 479 g/mol. The van der Waals surface area contributed by atoms with Gasteiger partial charge < -0.3 is 20.1 Å². The van der Waals surface area contributed by atoms with E-state index in [-0.39, 0.29) is 17.6 Å². The number of nitrogens with zero attached hydrogens (tertiary/aromatic N) is 1. The number of aryl methyl sites for hydroxylation is 1. The monoisotopic (exact) mass is 478 g/mol. The first-order valence-electron chi connectivity index (χ1n) is 11.8. The van der Waals surface area contributed by atoms with Crippen LogP contribution in [0.15, 0.2) is 97.1 Å². The van der Waals surface area contributed by atoms with Crippen LogP contribution in [0.2, 0.25) is 0 Å². The maximum Gasteiger partial charge on any atom is 0.337 e. The summed E-state index contributed by atoms with van der Waals surface area (Å²) in [6.07, 6.45) is -0.281. The molecule has 180 valence electrons. The van der Waals surface area contributed by atoms with Crippen molar-refractivity contribution in [3.8, 4) is 5.75 Å². The normalized spacial score (nSPS) is 14.8. The first-order chi connectivity index (χ1) is 17.5. The molecule has 1 unspecified atom stereocenters. The van der Waals surface area contributed by atoms with Gasteiger partial charge in [0.2, 0.25) is 0 Å². The third-order valence-corrected chi connectivity index (χ3v) is 6.38. The van der Waals surface area contributed by atoms with E-state index in [2.05, 4.69) is 5.32 Å². The Morgan fingerprint density at radius 3 is 2.39 bits per heavy atom. The van der Waals surface area contributed by atoms with Crippen molar-refractivity contribution in [1.29, 1.82) is 0 Å². The number of para-hydroxylation sites is 1. The molecule has 36 heavy (non-hydrogen) atoms. The lowest BCUT2D eigenvalue weighted by atomic mass is 10.1. The number of anilines is 2. The Bertz CT molecular complexity index is 1420. The molecule has 1 aliphatic heterocycles. The Morgan fingerprint density at radius 2 is 1.61 bits per heavy atom. The van der Waals surface area contributed by atoms with Crippen molar-refractivity contribution in [3.05, 3.63) is 125 Å². The molecule has 4 aromatic rings. The predicted molar refractivity (Wildman–Crippen MR) is 140 cm³/mol. The Hall–Kier alpha value is -4.58. The number of carbonyl (C=O) groups is 2. The molecule has 5 rings (SSSR count). The molecule has 0 saturated heterocycles. The van der Waals surface area contributed by atoms with Crippen molar-refractivity contribution in [2.45, 2.75) is 19.6 Å². The number of nitrogens with one attached hydrogen (secondary N) is 1. The number of rotatable bonds is 5. The number of fused-ring (bicyclic) bond motifs is 1. The van der Waals surface area contributed by atoms with Gasteiger partial charge in [0.05, 0.1) is 17.8 Å². The summed E-state index contributed by atoms with van der Waals surface area (Å²) in [5, 5.41) is 12.9. The number of hydrogen-bond acceptors (Lipinski definition) is 4. The highest BCUT2D eigenvalue weighted by atomic mass is 16.5. The first-order valence-corrected chi connectivity index (χ1v) is 11.8. The molecular weight excluding hydrogens is 452 g/mol. The SMILES string of the molecule is Cc1ccccc1C(=O)Nc1ccc(N2Cc3ccccc3OC(c3ccccc3)C2)c(C(=O)O)c1. The van der Waals surface area contributed by atoms with E-state index in [1.54, 1.807) is 24.3 Å². The predicted octanol–water partition coefficient (Wildman–Crippen LogP) is 6.09. The number of aromatic carboxylic acids is 1. The number of amides is 1. The molecule has 6 nitrogen and oxygen atoms in total. The van der Waals surface area contributed by atoms with Crippen molar-refractivity contribution in [2.75, 3.05) is 16.8 Å². The maximum atomic E-state index is 12.8. The maximum absolute atomic E-state index is 12.8. The second kappa shape index (κ2) is 9.96. The zero-order chi connectivity index (χ0) is 25.1. The van der Waals surface area contributed by atoms with Crippen LogP contribution in [0.4, 0.5) is 11.4 Å². The van der Waals surface area contributed by atoms with Gasteiger partial charge in [-0.1, -0.05) is 66.7 Å². The van der Waals surface area contributed by atoms with Gasteiger partial charge in [-0.15, -0.1) is 0 Å². The molecule has 1 amide bonds. The van der Waals surface area contributed by atoms with Gasteiger partial charge in [-0.25, -0.2) is 4.79 Å². The molecular formula is C30H26N2O4. The van der Waals surface area contributed by atoms with Crippen LogP contribution in [-0.4, -0.2) is 23.5 Å². The lowest BCUT2D eigenvalue weighted by Gasteiger charge is -2.27. The third kappa shape index (κ3) is 4.79. The smallest absolute Gasteiger partial charge is 0.337 e. The highest BCUT2D eigenvalue weighted by Crippen LogP contribution is 2.35. The van der Waals surface area contributed by atoms with E-state index in [4.69, 9.17) is 4.74 Å². The van der Waals surface area contributed by atoms with Crippen LogP contribution in [-0.2, 0) is 6.54 Å². The molecule has 1 heterocycles. The van der Waals surface area contributed by atoms with E-state index in [0.717, 1.165) is 22.4 Å². The Morgan fingerprint density at radius 1 is 0.889 bits per heavy atom. The Balaban J connectivity index is 1.49. The number of hydrogen-bond donors (Lipinski definition) is 2. The molecule has 0 aliphatic carbocycles. The summed E-state index contributed by atoms with van der Waals surface area (Å²) in [5.41, 5.74) is 4.49. The molecule has 0 radical (unpaired) electrons. The summed E-state index contributed by atoms with van der Waals surface area (Å²) in [7, 11) is 0. The van der Waals surface area contributed by atoms with Crippen LogP contribution in [0.1, 0.15) is 43.5 Å². The van der Waals surface area contributed by atoms with Crippen LogP contribution in [0.25, 0.3) is 0 Å². The van der Waals surface area contributed by atoms with Gasteiger partial charge in [0, 0.05) is 23.4 Å². The number of carbonyl (C=O) groups excluding carboxylic acids is 1. The minimum atomic E-state index is -1.06. The topological polar surface area (TPSA) is 78.9 Å². The number of carboxylic acids is 1. The fraction of sp³-hybridized carbons (Fsp3) is 0.133. The Labute approximate surface area is 209 Å². The second-order valence-electron chi connectivity index (χ2n) is 8.81. The molecule has 2 N–H and O–H groups in total. The van der Waals surface area contributed by atoms with E-state index in [0.29, 0.717) is 30.0 Å². The molecule has 0 bridgehead atoms. The minimum Gasteiger partial charge on any atom is -0.484 e. The van der Waals surface area contributed by atoms with Crippen molar-refractivity contribution in [1.82, 2.24) is 0 Å². The van der Waals surface area contributed by atoms with Crippen LogP contribution in [0, 0.1) is 6.92 Å². The molecule has 0 aromatic heterocycles. The number of ether oxygens (including phenoxy) is 1. The fourth-order valence-corrected chi connectivity index (χ4v) is 4.52. The first kappa shape index (κ1) is 23.2. The van der Waals surface area contributed by atoms with Crippen molar-refractivity contribution >= 4 is 23.3 Å². The lowest BCUT2D eigenvalue weighted by molar-refractivity contribution is 0.0697. The second-order valence-corrected chi connectivity index (χ2v) is 8.81. The van der Waals surface area contributed by atoms with Gasteiger partial charge in [-0.2, -0.15) is 0 Å². The summed E-state index contributed by atoms with van der Waals surface area (Å²) in [6, 6.07) is 30.0. The van der Waals surface area contributed by atoms with Gasteiger partial charge in [0.1, 0.15) is 11.9 Å². The van der Waals surface area contributed by atoms with Gasteiger partial charge in [0.25, 0.3) is 5.91 Å². The van der Waals surface area contributed by atoms with Crippen LogP contribution >= 0.6 is 0 Å². The highest BCUT2D eigenvalue weighted by Gasteiger charge is 2.27. The molecule has 1 atom stereocenters. The fourth-order valence-electron chi connectivity index (χ4n) is 4.52. The highest BCUT2D eigenvalue weighted by molar-refractivity contribution is 6.06. The van der Waals surface area contributed by atoms with Gasteiger partial charge in [0.15, 0.2) is 0 Å². The largest absolute Gasteiger partial charge is 0.484 e. The van der Waals surface area contributed by atoms with Gasteiger partial charge in [-0.05, 0) is 48.4 Å². The van der Waals surface area contributed by atoms with E-state index < -0.39 is 5.97 Å². The van der Waals surface area contributed by atoms with Crippen molar-refractivity contribution < 1.29 is 19.4 Å².